The van der Waals surface area contributed by atoms with E-state index in [1.54, 1.807) is 60.9 Å². The number of aromatic nitrogens is 2. The van der Waals surface area contributed by atoms with Gasteiger partial charge in [0.05, 0.1) is 23.1 Å². The zero-order chi connectivity index (χ0) is 28.5. The summed E-state index contributed by atoms with van der Waals surface area (Å²) < 4.78 is 1.72. The first-order chi connectivity index (χ1) is 18.0. The SMILES string of the molecule is NC(=O)c1cccnc1.NC(=O)c1cccnc1.O=C([O-])c1ccc(Br)cc1.O=C([O-])c1ccc(Br)cc1.[Co+2].[OH3+].[OH3+]. The maximum atomic E-state index is 10.4. The summed E-state index contributed by atoms with van der Waals surface area (Å²) >= 11 is 6.36. The Morgan fingerprint density at radius 1 is 0.561 bits per heavy atom. The first kappa shape index (κ1) is 41.5. The van der Waals surface area contributed by atoms with Crippen molar-refractivity contribution in [3.8, 4) is 0 Å². The molecule has 12 nitrogen and oxygen atoms in total. The first-order valence-electron chi connectivity index (χ1n) is 10.3. The number of pyridine rings is 2. The minimum absolute atomic E-state index is 0. The van der Waals surface area contributed by atoms with E-state index in [0.29, 0.717) is 11.1 Å². The van der Waals surface area contributed by atoms with Crippen molar-refractivity contribution in [2.24, 2.45) is 11.5 Å². The van der Waals surface area contributed by atoms with Crippen molar-refractivity contribution in [2.45, 2.75) is 0 Å². The molecule has 4 rings (SSSR count). The van der Waals surface area contributed by atoms with Gasteiger partial charge in [-0.15, -0.1) is 0 Å². The van der Waals surface area contributed by atoms with Gasteiger partial charge < -0.3 is 42.2 Å². The maximum absolute atomic E-state index is 10.4. The summed E-state index contributed by atoms with van der Waals surface area (Å²) in [4.78, 5) is 48.5. The Balaban J connectivity index is -0.000000459. The van der Waals surface area contributed by atoms with Crippen molar-refractivity contribution in [1.29, 1.82) is 0 Å². The molecule has 10 N–H and O–H groups in total. The number of nitrogens with two attached hydrogens (primary N) is 2. The molecule has 0 fully saturated rings. The van der Waals surface area contributed by atoms with Crippen LogP contribution in [-0.2, 0) is 27.7 Å². The topological polar surface area (TPSA) is 258 Å². The third kappa shape index (κ3) is 18.1. The van der Waals surface area contributed by atoms with Gasteiger partial charge >= 0.3 is 16.8 Å². The summed E-state index contributed by atoms with van der Waals surface area (Å²) in [6, 6.07) is 19.1. The molecule has 219 valence electrons. The Labute approximate surface area is 261 Å². The van der Waals surface area contributed by atoms with E-state index < -0.39 is 23.8 Å². The molecule has 1 radical (unpaired) electrons. The molecule has 4 aromatic rings. The fourth-order valence-electron chi connectivity index (χ4n) is 2.19. The monoisotopic (exact) mass is 739 g/mol. The predicted octanol–water partition coefficient (Wildman–Crippen LogP) is 0.140. The van der Waals surface area contributed by atoms with E-state index in [1.165, 1.54) is 36.7 Å². The van der Waals surface area contributed by atoms with Gasteiger partial charge in [0.1, 0.15) is 0 Å². The quantitative estimate of drug-likeness (QED) is 0.271. The van der Waals surface area contributed by atoms with Gasteiger partial charge in [-0.05, 0) is 59.7 Å². The van der Waals surface area contributed by atoms with Crippen LogP contribution in [0.4, 0.5) is 0 Å². The van der Waals surface area contributed by atoms with Gasteiger partial charge in [-0.2, -0.15) is 0 Å². The number of aromatic carboxylic acids is 2. The number of hydrogen-bond acceptors (Lipinski definition) is 8. The van der Waals surface area contributed by atoms with Crippen LogP contribution in [0.5, 0.6) is 0 Å². The van der Waals surface area contributed by atoms with Crippen molar-refractivity contribution < 1.29 is 57.1 Å². The zero-order valence-corrected chi connectivity index (χ0v) is 25.2. The van der Waals surface area contributed by atoms with Gasteiger partial charge in [0, 0.05) is 33.7 Å². The second kappa shape index (κ2) is 22.8. The summed E-state index contributed by atoms with van der Waals surface area (Å²) in [5.74, 6) is -3.17. The summed E-state index contributed by atoms with van der Waals surface area (Å²) in [5.41, 5.74) is 11.1. The number of primary amides is 2. The third-order valence-electron chi connectivity index (χ3n) is 4.05. The second-order valence-electron chi connectivity index (χ2n) is 6.80. The number of rotatable bonds is 4. The van der Waals surface area contributed by atoms with Crippen molar-refractivity contribution in [3.05, 3.63) is 129 Å². The smallest absolute Gasteiger partial charge is 0.545 e. The average molecular weight is 741 g/mol. The van der Waals surface area contributed by atoms with E-state index in [2.05, 4.69) is 41.8 Å². The van der Waals surface area contributed by atoms with E-state index in [9.17, 15) is 29.4 Å². The molecule has 0 atom stereocenters. The van der Waals surface area contributed by atoms with Gasteiger partial charge in [0.2, 0.25) is 11.8 Å². The summed E-state index contributed by atoms with van der Waals surface area (Å²) in [6.07, 6.45) is 6.05. The number of carboxylic acid groups (broad SMARTS) is 2. The Kier molecular flexibility index (Phi) is 23.1. The van der Waals surface area contributed by atoms with E-state index in [1.807, 2.05) is 0 Å². The number of hydrogen-bond donors (Lipinski definition) is 2. The summed E-state index contributed by atoms with van der Waals surface area (Å²) in [5, 5.41) is 20.4. The van der Waals surface area contributed by atoms with Gasteiger partial charge in [-0.1, -0.05) is 56.1 Å². The predicted molar refractivity (Wildman–Crippen MR) is 152 cm³/mol. The largest absolute Gasteiger partial charge is 2.00 e. The Morgan fingerprint density at radius 3 is 1.02 bits per heavy atom. The molecule has 2 heterocycles. The van der Waals surface area contributed by atoms with E-state index in [-0.39, 0.29) is 38.9 Å². The van der Waals surface area contributed by atoms with Crippen LogP contribution in [0.15, 0.2) is 107 Å². The van der Waals surface area contributed by atoms with Gasteiger partial charge in [0.25, 0.3) is 0 Å². The second-order valence-corrected chi connectivity index (χ2v) is 8.63. The molecule has 0 aliphatic heterocycles. The molecule has 0 saturated heterocycles. The van der Waals surface area contributed by atoms with E-state index in [0.717, 1.165) is 8.95 Å². The summed E-state index contributed by atoms with van der Waals surface area (Å²) in [7, 11) is 0. The van der Waals surface area contributed by atoms with E-state index >= 15 is 0 Å². The number of carboxylic acids is 2. The Bertz CT molecular complexity index is 1230. The molecule has 0 saturated carbocycles. The number of amides is 2. The molecule has 0 aliphatic rings. The molecule has 2 aromatic carbocycles. The molecule has 0 bridgehead atoms. The molecular formula is C26H26Br2CoN4O8+2. The molecule has 2 aromatic heterocycles. The minimum Gasteiger partial charge on any atom is -0.545 e. The molecule has 15 heteroatoms. The average Bonchev–Trinajstić information content (AvgIpc) is 2.91. The molecule has 0 spiro atoms. The van der Waals surface area contributed by atoms with Crippen molar-refractivity contribution in [1.82, 2.24) is 9.97 Å². The number of carbonyl (C=O) groups is 4. The Morgan fingerprint density at radius 2 is 0.854 bits per heavy atom. The van der Waals surface area contributed by atoms with Crippen LogP contribution in [0.1, 0.15) is 41.4 Å². The zero-order valence-electron chi connectivity index (χ0n) is 21.0. The van der Waals surface area contributed by atoms with Crippen molar-refractivity contribution >= 4 is 55.6 Å². The summed E-state index contributed by atoms with van der Waals surface area (Å²) in [6.45, 7) is 0. The van der Waals surface area contributed by atoms with Crippen LogP contribution >= 0.6 is 31.9 Å². The van der Waals surface area contributed by atoms with Crippen LogP contribution in [0.3, 0.4) is 0 Å². The van der Waals surface area contributed by atoms with Gasteiger partial charge in [0.15, 0.2) is 0 Å². The van der Waals surface area contributed by atoms with Crippen LogP contribution in [0.2, 0.25) is 0 Å². The van der Waals surface area contributed by atoms with Gasteiger partial charge in [-0.25, -0.2) is 0 Å². The number of nitrogens with zero attached hydrogens (tertiary/aromatic N) is 2. The maximum Gasteiger partial charge on any atom is 2.00 e. The molecule has 0 aliphatic carbocycles. The fourth-order valence-corrected chi connectivity index (χ4v) is 2.72. The normalized spacial score (nSPS) is 8.44. The fraction of sp³-hybridized carbons (Fsp3) is 0. The minimum atomic E-state index is -1.15. The molecule has 41 heavy (non-hydrogen) atoms. The van der Waals surface area contributed by atoms with Crippen LogP contribution < -0.4 is 21.7 Å². The van der Waals surface area contributed by atoms with E-state index in [4.69, 9.17) is 11.5 Å². The number of halogens is 2. The van der Waals surface area contributed by atoms with Crippen LogP contribution in [0.25, 0.3) is 0 Å². The van der Waals surface area contributed by atoms with Crippen molar-refractivity contribution in [3.63, 3.8) is 0 Å². The molecule has 0 unspecified atom stereocenters. The first-order valence-corrected chi connectivity index (χ1v) is 11.9. The molecule has 2 amide bonds. The standard InChI is InChI=1S/2C7H5BrO2.2C6H6N2O.Co.2H2O/c2*8-6-3-1-5(2-4-6)7(9)10;2*7-6(9)5-2-1-3-8-4-5;;;/h2*1-4H,(H,9,10);2*1-4H,(H2,7,9);;2*1H2/q;;;;+2;;. The van der Waals surface area contributed by atoms with Gasteiger partial charge in [-0.3, -0.25) is 19.6 Å². The van der Waals surface area contributed by atoms with Crippen molar-refractivity contribution in [2.75, 3.05) is 0 Å². The van der Waals surface area contributed by atoms with Crippen LogP contribution in [0, 0.1) is 0 Å². The number of carbonyl (C=O) groups excluding carboxylic acids is 4. The Hall–Kier alpha value is -3.99. The number of benzene rings is 2. The van der Waals surface area contributed by atoms with Crippen LogP contribution in [-0.4, -0.2) is 33.7 Å². The third-order valence-corrected chi connectivity index (χ3v) is 5.11. The molecular weight excluding hydrogens is 715 g/mol.